The highest BCUT2D eigenvalue weighted by atomic mass is 35.5. The minimum absolute atomic E-state index is 0.137. The van der Waals surface area contributed by atoms with Gasteiger partial charge in [-0.1, -0.05) is 23.7 Å². The minimum atomic E-state index is -0.367. The topological polar surface area (TPSA) is 82.7 Å². The monoisotopic (exact) mass is 355 g/mol. The molecule has 0 saturated heterocycles. The van der Waals surface area contributed by atoms with Gasteiger partial charge in [0.25, 0.3) is 0 Å². The fourth-order valence-electron chi connectivity index (χ4n) is 2.46. The lowest BCUT2D eigenvalue weighted by molar-refractivity contribution is -0.118. The van der Waals surface area contributed by atoms with E-state index in [1.54, 1.807) is 25.5 Å². The van der Waals surface area contributed by atoms with Gasteiger partial charge in [0.2, 0.25) is 5.91 Å². The molecule has 0 aliphatic rings. The smallest absolute Gasteiger partial charge is 0.242 e. The zero-order valence-corrected chi connectivity index (χ0v) is 14.4. The molecule has 7 heteroatoms. The van der Waals surface area contributed by atoms with Crippen molar-refractivity contribution in [2.45, 2.75) is 12.5 Å². The van der Waals surface area contributed by atoms with E-state index in [4.69, 9.17) is 11.6 Å². The number of amides is 1. The molecule has 0 saturated carbocycles. The van der Waals surface area contributed by atoms with Crippen molar-refractivity contribution in [2.75, 3.05) is 12.4 Å². The van der Waals surface area contributed by atoms with Crippen molar-refractivity contribution in [3.8, 4) is 11.3 Å². The van der Waals surface area contributed by atoms with Gasteiger partial charge >= 0.3 is 0 Å². The van der Waals surface area contributed by atoms with E-state index >= 15 is 0 Å². The van der Waals surface area contributed by atoms with Gasteiger partial charge in [0.1, 0.15) is 5.82 Å². The molecular formula is C18H18ClN5O. The Labute approximate surface area is 150 Å². The maximum absolute atomic E-state index is 12.5. The van der Waals surface area contributed by atoms with Crippen LogP contribution in [0.5, 0.6) is 0 Å². The largest absolute Gasteiger partial charge is 0.310 e. The predicted octanol–water partition coefficient (Wildman–Crippen LogP) is 2.89. The van der Waals surface area contributed by atoms with Gasteiger partial charge in [-0.15, -0.1) is 0 Å². The normalized spacial score (nSPS) is 11.9. The van der Waals surface area contributed by atoms with Crippen LogP contribution < -0.4 is 10.6 Å². The number of nitrogens with zero attached hydrogens (tertiary/aromatic N) is 2. The summed E-state index contributed by atoms with van der Waals surface area (Å²) in [5, 5.41) is 13.6. The molecule has 0 aliphatic carbocycles. The van der Waals surface area contributed by atoms with Gasteiger partial charge in [0.15, 0.2) is 0 Å². The molecule has 25 heavy (non-hydrogen) atoms. The van der Waals surface area contributed by atoms with Crippen LogP contribution in [0, 0.1) is 0 Å². The summed E-state index contributed by atoms with van der Waals surface area (Å²) in [7, 11) is 1.76. The van der Waals surface area contributed by atoms with Crippen LogP contribution in [0.1, 0.15) is 5.56 Å². The second kappa shape index (κ2) is 7.92. The molecule has 6 nitrogen and oxygen atoms in total. The number of anilines is 1. The van der Waals surface area contributed by atoms with Crippen molar-refractivity contribution in [1.29, 1.82) is 0 Å². The highest BCUT2D eigenvalue weighted by Crippen LogP contribution is 2.19. The molecule has 0 aliphatic heterocycles. The van der Waals surface area contributed by atoms with Crippen molar-refractivity contribution >= 4 is 23.3 Å². The van der Waals surface area contributed by atoms with E-state index < -0.39 is 0 Å². The summed E-state index contributed by atoms with van der Waals surface area (Å²) >= 11 is 5.89. The zero-order valence-electron chi connectivity index (χ0n) is 13.7. The Morgan fingerprint density at radius 3 is 2.60 bits per heavy atom. The summed E-state index contributed by atoms with van der Waals surface area (Å²) in [6.07, 6.45) is 3.96. The van der Waals surface area contributed by atoms with Gasteiger partial charge in [-0.05, 0) is 43.3 Å². The average molecular weight is 356 g/mol. The highest BCUT2D eigenvalue weighted by Gasteiger charge is 2.18. The van der Waals surface area contributed by atoms with E-state index in [2.05, 4.69) is 25.8 Å². The van der Waals surface area contributed by atoms with E-state index in [9.17, 15) is 4.79 Å². The van der Waals surface area contributed by atoms with Crippen LogP contribution in [0.25, 0.3) is 11.3 Å². The minimum Gasteiger partial charge on any atom is -0.310 e. The van der Waals surface area contributed by atoms with E-state index in [0.717, 1.165) is 16.8 Å². The Bertz CT molecular complexity index is 832. The number of carbonyl (C=O) groups is 1. The van der Waals surface area contributed by atoms with Crippen LogP contribution in [0.2, 0.25) is 5.02 Å². The van der Waals surface area contributed by atoms with Crippen LogP contribution in [0.15, 0.2) is 54.9 Å². The number of rotatable bonds is 6. The van der Waals surface area contributed by atoms with Crippen molar-refractivity contribution in [3.05, 3.63) is 65.4 Å². The first-order valence-corrected chi connectivity index (χ1v) is 8.22. The third-order valence-corrected chi connectivity index (χ3v) is 4.08. The lowest BCUT2D eigenvalue weighted by atomic mass is 10.1. The molecule has 1 atom stereocenters. The molecule has 0 bridgehead atoms. The Kier molecular flexibility index (Phi) is 5.42. The van der Waals surface area contributed by atoms with Crippen molar-refractivity contribution in [2.24, 2.45) is 0 Å². The van der Waals surface area contributed by atoms with E-state index in [0.29, 0.717) is 17.3 Å². The standard InChI is InChI=1S/C18H18ClN5O/c1-20-16(10-12-2-4-14(19)5-3-12)18(25)22-17-11-15(23-24-17)13-6-8-21-9-7-13/h2-9,11,16,20H,10H2,1H3,(H2,22,23,24,25)/t16-/m0/s1. The molecule has 0 spiro atoms. The number of benzene rings is 1. The first kappa shape index (κ1) is 17.1. The number of hydrogen-bond acceptors (Lipinski definition) is 4. The van der Waals surface area contributed by atoms with Gasteiger partial charge in [-0.3, -0.25) is 14.9 Å². The molecule has 1 amide bonds. The van der Waals surface area contributed by atoms with Crippen LogP contribution in [-0.4, -0.2) is 34.2 Å². The summed E-state index contributed by atoms with van der Waals surface area (Å²) in [5.41, 5.74) is 2.70. The molecule has 3 N–H and O–H groups in total. The fourth-order valence-corrected chi connectivity index (χ4v) is 2.58. The first-order chi connectivity index (χ1) is 12.2. The average Bonchev–Trinajstić information content (AvgIpc) is 3.10. The number of pyridine rings is 1. The molecule has 2 aromatic heterocycles. The Hall–Kier alpha value is -2.70. The van der Waals surface area contributed by atoms with Gasteiger partial charge in [-0.25, -0.2) is 0 Å². The molecule has 0 unspecified atom stereocenters. The molecular weight excluding hydrogens is 338 g/mol. The number of aromatic amines is 1. The van der Waals surface area contributed by atoms with E-state index in [-0.39, 0.29) is 11.9 Å². The predicted molar refractivity (Wildman–Crippen MR) is 98.5 cm³/mol. The Morgan fingerprint density at radius 1 is 1.20 bits per heavy atom. The van der Waals surface area contributed by atoms with Gasteiger partial charge in [-0.2, -0.15) is 5.10 Å². The summed E-state index contributed by atoms with van der Waals surface area (Å²) in [5.74, 6) is 0.413. The number of aromatic nitrogens is 3. The fraction of sp³-hybridized carbons (Fsp3) is 0.167. The van der Waals surface area contributed by atoms with Crippen LogP contribution in [-0.2, 0) is 11.2 Å². The maximum Gasteiger partial charge on any atom is 0.242 e. The van der Waals surface area contributed by atoms with Crippen molar-refractivity contribution in [3.63, 3.8) is 0 Å². The van der Waals surface area contributed by atoms with Crippen molar-refractivity contribution in [1.82, 2.24) is 20.5 Å². The van der Waals surface area contributed by atoms with Crippen LogP contribution in [0.3, 0.4) is 0 Å². The van der Waals surface area contributed by atoms with E-state index in [1.165, 1.54) is 0 Å². The number of H-pyrrole nitrogens is 1. The van der Waals surface area contributed by atoms with E-state index in [1.807, 2.05) is 36.4 Å². The SMILES string of the molecule is CN[C@@H](Cc1ccc(Cl)cc1)C(=O)Nc1cc(-c2ccncc2)n[nH]1. The summed E-state index contributed by atoms with van der Waals surface area (Å²) in [4.78, 5) is 16.5. The third-order valence-electron chi connectivity index (χ3n) is 3.83. The molecule has 128 valence electrons. The quantitative estimate of drug-likeness (QED) is 0.635. The number of halogens is 1. The van der Waals surface area contributed by atoms with Gasteiger partial charge in [0.05, 0.1) is 11.7 Å². The van der Waals surface area contributed by atoms with Crippen LogP contribution >= 0.6 is 11.6 Å². The highest BCUT2D eigenvalue weighted by molar-refractivity contribution is 6.30. The number of likely N-dealkylation sites (N-methyl/N-ethyl adjacent to an activating group) is 1. The van der Waals surface area contributed by atoms with Gasteiger partial charge < -0.3 is 10.6 Å². The molecule has 1 aromatic carbocycles. The summed E-state index contributed by atoms with van der Waals surface area (Å²) in [6, 6.07) is 12.6. The zero-order chi connectivity index (χ0) is 17.6. The molecule has 0 fully saturated rings. The van der Waals surface area contributed by atoms with Crippen LogP contribution in [0.4, 0.5) is 5.82 Å². The Balaban J connectivity index is 1.66. The number of carbonyl (C=O) groups excluding carboxylic acids is 1. The second-order valence-electron chi connectivity index (χ2n) is 5.56. The Morgan fingerprint density at radius 2 is 1.92 bits per heavy atom. The number of nitrogens with one attached hydrogen (secondary N) is 3. The molecule has 3 aromatic rings. The van der Waals surface area contributed by atoms with Gasteiger partial charge in [0, 0.05) is 29.0 Å². The molecule has 2 heterocycles. The number of hydrogen-bond donors (Lipinski definition) is 3. The second-order valence-corrected chi connectivity index (χ2v) is 6.00. The summed E-state index contributed by atoms with van der Waals surface area (Å²) in [6.45, 7) is 0. The van der Waals surface area contributed by atoms with Crippen molar-refractivity contribution < 1.29 is 4.79 Å². The molecule has 3 rings (SSSR count). The summed E-state index contributed by atoms with van der Waals surface area (Å²) < 4.78 is 0. The lowest BCUT2D eigenvalue weighted by Gasteiger charge is -2.15. The first-order valence-electron chi connectivity index (χ1n) is 7.84. The lowest BCUT2D eigenvalue weighted by Crippen LogP contribution is -2.40. The maximum atomic E-state index is 12.5. The third kappa shape index (κ3) is 4.43. The molecule has 0 radical (unpaired) electrons.